The zero-order valence-electron chi connectivity index (χ0n) is 27.6. The molecule has 222 valence electrons. The smallest absolute Gasteiger partial charge is 0.0585 e. The van der Waals surface area contributed by atoms with E-state index >= 15 is 0 Å². The van der Waals surface area contributed by atoms with Gasteiger partial charge in [-0.2, -0.15) is 0 Å². The van der Waals surface area contributed by atoms with E-state index in [0.717, 1.165) is 25.7 Å². The molecule has 0 radical (unpaired) electrons. The molecular weight excluding hydrogens is 496 g/mol. The molecule has 1 nitrogen and oxygen atoms in total. The average Bonchev–Trinajstić information content (AvgIpc) is 2.85. The van der Waals surface area contributed by atoms with Crippen LogP contribution in [0, 0.1) is 5.41 Å². The Kier molecular flexibility index (Phi) is 16.7. The number of hydrogen-bond acceptors (Lipinski definition) is 1. The topological polar surface area (TPSA) is 20.2 Å². The van der Waals surface area contributed by atoms with Crippen LogP contribution in [0.15, 0.2) is 142 Å². The van der Waals surface area contributed by atoms with Gasteiger partial charge >= 0.3 is 0 Å². The Labute approximate surface area is 252 Å². The number of aliphatic hydroxyl groups is 1. The Morgan fingerprint density at radius 3 is 1.66 bits per heavy atom. The molecular formula is C40H56O. The summed E-state index contributed by atoms with van der Waals surface area (Å²) < 4.78 is 0. The molecule has 1 atom stereocenters. The van der Waals surface area contributed by atoms with Crippen LogP contribution >= 0.6 is 0 Å². The van der Waals surface area contributed by atoms with Crippen molar-refractivity contribution in [2.75, 3.05) is 0 Å². The number of aliphatic hydroxyl groups excluding tert-OH is 1. The van der Waals surface area contributed by atoms with E-state index in [4.69, 9.17) is 0 Å². The van der Waals surface area contributed by atoms with Crippen molar-refractivity contribution in [1.29, 1.82) is 0 Å². The molecule has 1 N–H and O–H groups in total. The third kappa shape index (κ3) is 16.6. The van der Waals surface area contributed by atoms with Crippen LogP contribution in [0.4, 0.5) is 0 Å². The van der Waals surface area contributed by atoms with Crippen LogP contribution in [0.2, 0.25) is 0 Å². The van der Waals surface area contributed by atoms with Gasteiger partial charge in [-0.25, -0.2) is 0 Å². The van der Waals surface area contributed by atoms with Crippen molar-refractivity contribution in [3.8, 4) is 0 Å². The summed E-state index contributed by atoms with van der Waals surface area (Å²) in [4.78, 5) is 0. The Morgan fingerprint density at radius 1 is 0.707 bits per heavy atom. The molecule has 1 aliphatic carbocycles. The van der Waals surface area contributed by atoms with E-state index in [1.807, 2.05) is 0 Å². The average molecular weight is 553 g/mol. The monoisotopic (exact) mass is 552 g/mol. The maximum atomic E-state index is 10.1. The van der Waals surface area contributed by atoms with Crippen molar-refractivity contribution in [1.82, 2.24) is 0 Å². The molecule has 0 aromatic heterocycles. The molecule has 41 heavy (non-hydrogen) atoms. The van der Waals surface area contributed by atoms with E-state index in [1.54, 1.807) is 0 Å². The van der Waals surface area contributed by atoms with Gasteiger partial charge in [0, 0.05) is 0 Å². The fraction of sp³-hybridized carbons (Fsp3) is 0.400. The Balaban J connectivity index is 2.60. The number of allylic oxidation sites excluding steroid dienone is 23. The summed E-state index contributed by atoms with van der Waals surface area (Å²) >= 11 is 0. The molecule has 0 spiro atoms. The fourth-order valence-electron chi connectivity index (χ4n) is 4.77. The minimum absolute atomic E-state index is 0.0115. The Bertz CT molecular complexity index is 1220. The molecule has 0 saturated carbocycles. The Hall–Kier alpha value is -3.16. The highest BCUT2D eigenvalue weighted by atomic mass is 16.3. The van der Waals surface area contributed by atoms with Crippen molar-refractivity contribution < 1.29 is 5.11 Å². The van der Waals surface area contributed by atoms with Crippen LogP contribution in [0.5, 0.6) is 0 Å². The summed E-state index contributed by atoms with van der Waals surface area (Å²) in [7, 11) is 0. The highest BCUT2D eigenvalue weighted by molar-refractivity contribution is 5.38. The normalized spacial score (nSPS) is 20.2. The van der Waals surface area contributed by atoms with Crippen molar-refractivity contribution in [3.05, 3.63) is 142 Å². The predicted octanol–water partition coefficient (Wildman–Crippen LogP) is 11.7. The second-order valence-corrected chi connectivity index (χ2v) is 12.4. The first-order valence-electron chi connectivity index (χ1n) is 15.1. The minimum atomic E-state index is -0.222. The van der Waals surface area contributed by atoms with Gasteiger partial charge < -0.3 is 5.11 Å². The van der Waals surface area contributed by atoms with Gasteiger partial charge in [-0.15, -0.1) is 0 Å². The zero-order valence-corrected chi connectivity index (χ0v) is 27.6. The first kappa shape index (κ1) is 35.9. The van der Waals surface area contributed by atoms with Crippen LogP contribution in [0.25, 0.3) is 0 Å². The molecule has 1 aliphatic rings. The van der Waals surface area contributed by atoms with Gasteiger partial charge in [-0.05, 0) is 92.1 Å². The lowest BCUT2D eigenvalue weighted by Gasteiger charge is -2.35. The summed E-state index contributed by atoms with van der Waals surface area (Å²) in [5, 5.41) is 10.1. The van der Waals surface area contributed by atoms with Crippen LogP contribution in [0.3, 0.4) is 0 Å². The first-order valence-corrected chi connectivity index (χ1v) is 15.1. The van der Waals surface area contributed by atoms with Gasteiger partial charge in [0.25, 0.3) is 0 Å². The highest BCUT2D eigenvalue weighted by Gasteiger charge is 2.31. The van der Waals surface area contributed by atoms with E-state index in [9.17, 15) is 5.11 Å². The molecule has 0 fully saturated rings. The van der Waals surface area contributed by atoms with Gasteiger partial charge in [-0.1, -0.05) is 150 Å². The quantitative estimate of drug-likeness (QED) is 0.178. The van der Waals surface area contributed by atoms with Crippen molar-refractivity contribution >= 4 is 0 Å². The SMILES string of the molecule is CC(C)=CCCC(C)=CC=CC(C)=CC=CC(C)=CC=CC=C(C)C=CC=C(C)C=CC1=C(C)CC(O)CC1(C)C. The van der Waals surface area contributed by atoms with E-state index in [1.165, 1.54) is 44.6 Å². The summed E-state index contributed by atoms with van der Waals surface area (Å²) in [6.45, 7) is 21.6. The van der Waals surface area contributed by atoms with Crippen molar-refractivity contribution in [2.45, 2.75) is 101 Å². The lowest BCUT2D eigenvalue weighted by Crippen LogP contribution is -2.28. The standard InChI is InChI=1S/C40H56O/c1-31(2)17-13-20-34(5)23-15-25-35(6)24-14-21-32(3)18-11-12-19-33(4)22-16-26-36(7)27-28-39-37(8)29-38(41)30-40(39,9)10/h11-12,14-19,21-28,38,41H,13,20,29-30H2,1-10H3. The molecule has 0 bridgehead atoms. The summed E-state index contributed by atoms with van der Waals surface area (Å²) in [6.07, 6.45) is 38.0. The molecule has 0 aromatic carbocycles. The largest absolute Gasteiger partial charge is 0.393 e. The molecule has 0 heterocycles. The van der Waals surface area contributed by atoms with Crippen LogP contribution in [-0.2, 0) is 0 Å². The van der Waals surface area contributed by atoms with Crippen LogP contribution in [0.1, 0.15) is 94.9 Å². The number of rotatable bonds is 13. The van der Waals surface area contributed by atoms with Gasteiger partial charge in [-0.3, -0.25) is 0 Å². The lowest BCUT2D eigenvalue weighted by atomic mass is 9.71. The molecule has 0 amide bonds. The highest BCUT2D eigenvalue weighted by Crippen LogP contribution is 2.41. The number of hydrogen-bond donors (Lipinski definition) is 1. The van der Waals surface area contributed by atoms with Gasteiger partial charge in [0.05, 0.1) is 6.10 Å². The van der Waals surface area contributed by atoms with Crippen molar-refractivity contribution in [2.24, 2.45) is 5.41 Å². The third-order valence-electron chi connectivity index (χ3n) is 7.09. The van der Waals surface area contributed by atoms with Gasteiger partial charge in [0.15, 0.2) is 0 Å². The first-order chi connectivity index (χ1) is 19.3. The van der Waals surface area contributed by atoms with Crippen molar-refractivity contribution in [3.63, 3.8) is 0 Å². The lowest BCUT2D eigenvalue weighted by molar-refractivity contribution is 0.116. The van der Waals surface area contributed by atoms with E-state index in [-0.39, 0.29) is 11.5 Å². The fourth-order valence-corrected chi connectivity index (χ4v) is 4.77. The maximum absolute atomic E-state index is 10.1. The van der Waals surface area contributed by atoms with E-state index in [0.29, 0.717) is 0 Å². The van der Waals surface area contributed by atoms with Gasteiger partial charge in [0.2, 0.25) is 0 Å². The van der Waals surface area contributed by atoms with E-state index < -0.39 is 0 Å². The Morgan fingerprint density at radius 2 is 1.17 bits per heavy atom. The second-order valence-electron chi connectivity index (χ2n) is 12.4. The molecule has 1 unspecified atom stereocenters. The molecule has 1 rings (SSSR count). The molecule has 0 saturated heterocycles. The molecule has 1 heteroatoms. The van der Waals surface area contributed by atoms with Crippen LogP contribution in [-0.4, -0.2) is 11.2 Å². The zero-order chi connectivity index (χ0) is 30.8. The van der Waals surface area contributed by atoms with Crippen LogP contribution < -0.4 is 0 Å². The van der Waals surface area contributed by atoms with Gasteiger partial charge in [0.1, 0.15) is 0 Å². The summed E-state index contributed by atoms with van der Waals surface area (Å²) in [5.74, 6) is 0. The maximum Gasteiger partial charge on any atom is 0.0585 e. The van der Waals surface area contributed by atoms with E-state index in [2.05, 4.69) is 166 Å². The second kappa shape index (κ2) is 19.1. The summed E-state index contributed by atoms with van der Waals surface area (Å²) in [6, 6.07) is 0. The molecule has 0 aromatic rings. The summed E-state index contributed by atoms with van der Waals surface area (Å²) in [5.41, 5.74) is 10.3. The third-order valence-corrected chi connectivity index (χ3v) is 7.09. The molecule has 0 aliphatic heterocycles. The predicted molar refractivity (Wildman–Crippen MR) is 185 cm³/mol. The minimum Gasteiger partial charge on any atom is -0.393 e.